The van der Waals surface area contributed by atoms with Crippen LogP contribution < -0.4 is 5.73 Å². The molecule has 2 aromatic carbocycles. The van der Waals surface area contributed by atoms with Gasteiger partial charge in [-0.25, -0.2) is 4.98 Å². The van der Waals surface area contributed by atoms with Gasteiger partial charge in [0.05, 0.1) is 0 Å². The third-order valence-corrected chi connectivity index (χ3v) is 6.22. The second-order valence-corrected chi connectivity index (χ2v) is 7.96. The van der Waals surface area contributed by atoms with Gasteiger partial charge < -0.3 is 5.73 Å². The van der Waals surface area contributed by atoms with E-state index in [2.05, 4.69) is 75.0 Å². The number of rotatable bonds is 6. The highest BCUT2D eigenvalue weighted by Gasteiger charge is 2.24. The Morgan fingerprint density at radius 3 is 2.76 bits per heavy atom. The minimum absolute atomic E-state index is 0.228. The summed E-state index contributed by atoms with van der Waals surface area (Å²) in [7, 11) is 0. The normalized spacial score (nSPS) is 16.8. The largest absolute Gasteiger partial charge is 0.384 e. The quantitative estimate of drug-likeness (QED) is 0.493. The first kappa shape index (κ1) is 17.9. The average Bonchev–Trinajstić information content (AvgIpc) is 3.38. The lowest BCUT2D eigenvalue weighted by molar-refractivity contribution is 0.547. The van der Waals surface area contributed by atoms with Crippen LogP contribution in [0, 0.1) is 0 Å². The Morgan fingerprint density at radius 1 is 1.03 bits per heavy atom. The number of aryl methyl sites for hydroxylation is 1. The van der Waals surface area contributed by atoms with Gasteiger partial charge in [0.25, 0.3) is 0 Å². The average molecular weight is 383 g/mol. The summed E-state index contributed by atoms with van der Waals surface area (Å²) in [6.07, 6.45) is 5.89. The van der Waals surface area contributed by atoms with Crippen LogP contribution in [0.15, 0.2) is 60.7 Å². The van der Waals surface area contributed by atoms with Crippen molar-refractivity contribution in [2.45, 2.75) is 43.9 Å². The number of H-pyrrole nitrogens is 1. The van der Waals surface area contributed by atoms with E-state index in [0.717, 1.165) is 23.9 Å². The first-order valence-corrected chi connectivity index (χ1v) is 10.4. The van der Waals surface area contributed by atoms with Crippen molar-refractivity contribution in [2.24, 2.45) is 0 Å². The number of hydrogen-bond acceptors (Lipinski definition) is 4. The molecule has 2 aromatic heterocycles. The van der Waals surface area contributed by atoms with Gasteiger partial charge in [-0.1, -0.05) is 61.0 Å². The molecular weight excluding hydrogens is 358 g/mol. The molecule has 1 aliphatic carbocycles. The highest BCUT2D eigenvalue weighted by atomic mass is 15.3. The van der Waals surface area contributed by atoms with Gasteiger partial charge in [-0.05, 0) is 59.9 Å². The third-order valence-electron chi connectivity index (χ3n) is 6.22. The zero-order valence-corrected chi connectivity index (χ0v) is 16.4. The molecule has 5 nitrogen and oxygen atoms in total. The van der Waals surface area contributed by atoms with Crippen LogP contribution in [0.2, 0.25) is 0 Å². The predicted molar refractivity (Wildman–Crippen MR) is 116 cm³/mol. The zero-order valence-electron chi connectivity index (χ0n) is 16.4. The maximum Gasteiger partial charge on any atom is 0.203 e. The number of nitrogens with zero attached hydrogens (tertiary/aromatic N) is 3. The van der Waals surface area contributed by atoms with Gasteiger partial charge in [-0.2, -0.15) is 10.3 Å². The standard InChI is InChI=1S/C24H25N5/c25-22-15-21(23-24(26-22)28-29-27-23)20(16-7-2-1-3-8-16)12-6-10-18-14-13-17-9-4-5-11-19(17)18/h1-5,7-9,11,15,18,20H,6,10,12-14H2,(H3,25,26,27,28,29)/t18-,20+/m0/s1. The highest BCUT2D eigenvalue weighted by Crippen LogP contribution is 2.39. The number of nitrogen functional groups attached to an aromatic ring is 1. The van der Waals surface area contributed by atoms with E-state index in [-0.39, 0.29) is 5.92 Å². The van der Waals surface area contributed by atoms with Gasteiger partial charge in [0.15, 0.2) is 0 Å². The molecule has 0 saturated carbocycles. The molecule has 0 saturated heterocycles. The Labute approximate surface area is 170 Å². The van der Waals surface area contributed by atoms with Crippen molar-refractivity contribution in [1.29, 1.82) is 0 Å². The Bertz CT molecular complexity index is 1120. The maximum absolute atomic E-state index is 6.09. The lowest BCUT2D eigenvalue weighted by Gasteiger charge is -2.20. The summed E-state index contributed by atoms with van der Waals surface area (Å²) in [5.41, 5.74) is 13.0. The van der Waals surface area contributed by atoms with E-state index >= 15 is 0 Å². The molecule has 4 aromatic rings. The Kier molecular flexibility index (Phi) is 4.72. The Balaban J connectivity index is 1.41. The van der Waals surface area contributed by atoms with Crippen LogP contribution in [-0.2, 0) is 6.42 Å². The van der Waals surface area contributed by atoms with Crippen LogP contribution in [0.4, 0.5) is 5.82 Å². The van der Waals surface area contributed by atoms with Crippen molar-refractivity contribution in [3.63, 3.8) is 0 Å². The van der Waals surface area contributed by atoms with Gasteiger partial charge in [-0.3, -0.25) is 0 Å². The molecule has 2 atom stereocenters. The van der Waals surface area contributed by atoms with Gasteiger partial charge in [0, 0.05) is 5.92 Å². The molecule has 3 N–H and O–H groups in total. The summed E-state index contributed by atoms with van der Waals surface area (Å²) in [5, 5.41) is 11.2. The number of nitrogens with two attached hydrogens (primary N) is 1. The van der Waals surface area contributed by atoms with Crippen LogP contribution in [0.3, 0.4) is 0 Å². The smallest absolute Gasteiger partial charge is 0.203 e. The molecule has 0 spiro atoms. The molecular formula is C24H25N5. The summed E-state index contributed by atoms with van der Waals surface area (Å²) in [4.78, 5) is 4.31. The predicted octanol–water partition coefficient (Wildman–Crippen LogP) is 4.97. The minimum Gasteiger partial charge on any atom is -0.384 e. The lowest BCUT2D eigenvalue weighted by Crippen LogP contribution is -2.06. The van der Waals surface area contributed by atoms with Crippen molar-refractivity contribution in [2.75, 3.05) is 5.73 Å². The second kappa shape index (κ2) is 7.66. The summed E-state index contributed by atoms with van der Waals surface area (Å²) < 4.78 is 0. The summed E-state index contributed by atoms with van der Waals surface area (Å²) >= 11 is 0. The number of pyridine rings is 1. The molecule has 146 valence electrons. The number of aromatic nitrogens is 4. The van der Waals surface area contributed by atoms with E-state index in [1.165, 1.54) is 30.4 Å². The molecule has 0 radical (unpaired) electrons. The lowest BCUT2D eigenvalue weighted by atomic mass is 9.85. The van der Waals surface area contributed by atoms with Crippen LogP contribution in [0.5, 0.6) is 0 Å². The number of anilines is 1. The van der Waals surface area contributed by atoms with Crippen molar-refractivity contribution in [3.8, 4) is 0 Å². The van der Waals surface area contributed by atoms with E-state index in [0.29, 0.717) is 17.4 Å². The van der Waals surface area contributed by atoms with E-state index in [1.807, 2.05) is 6.07 Å². The molecule has 5 heteroatoms. The van der Waals surface area contributed by atoms with Gasteiger partial charge in [-0.15, -0.1) is 5.10 Å². The van der Waals surface area contributed by atoms with Crippen molar-refractivity contribution in [1.82, 2.24) is 20.4 Å². The zero-order chi connectivity index (χ0) is 19.6. The van der Waals surface area contributed by atoms with Crippen LogP contribution in [0.25, 0.3) is 11.2 Å². The number of aromatic amines is 1. The maximum atomic E-state index is 6.09. The fraction of sp³-hybridized carbons (Fsp3) is 0.292. The molecule has 0 unspecified atom stereocenters. The van der Waals surface area contributed by atoms with Gasteiger partial charge >= 0.3 is 0 Å². The van der Waals surface area contributed by atoms with E-state index in [9.17, 15) is 0 Å². The molecule has 29 heavy (non-hydrogen) atoms. The van der Waals surface area contributed by atoms with Gasteiger partial charge in [0.1, 0.15) is 11.3 Å². The Hall–Kier alpha value is -3.21. The van der Waals surface area contributed by atoms with Crippen molar-refractivity contribution in [3.05, 3.63) is 82.9 Å². The van der Waals surface area contributed by atoms with Crippen LogP contribution >= 0.6 is 0 Å². The molecule has 0 bridgehead atoms. The van der Waals surface area contributed by atoms with Crippen molar-refractivity contribution < 1.29 is 0 Å². The Morgan fingerprint density at radius 2 is 1.86 bits per heavy atom. The highest BCUT2D eigenvalue weighted by molar-refractivity contribution is 5.77. The summed E-state index contributed by atoms with van der Waals surface area (Å²) in [6, 6.07) is 21.5. The summed E-state index contributed by atoms with van der Waals surface area (Å²) in [6.45, 7) is 0. The van der Waals surface area contributed by atoms with E-state index < -0.39 is 0 Å². The molecule has 1 aliphatic rings. The fourth-order valence-corrected chi connectivity index (χ4v) is 4.85. The number of benzene rings is 2. The molecule has 5 rings (SSSR count). The van der Waals surface area contributed by atoms with Crippen LogP contribution in [0.1, 0.15) is 59.8 Å². The second-order valence-electron chi connectivity index (χ2n) is 7.96. The topological polar surface area (TPSA) is 80.5 Å². The molecule has 0 amide bonds. The first-order valence-electron chi connectivity index (χ1n) is 10.4. The first-order chi connectivity index (χ1) is 14.3. The third kappa shape index (κ3) is 3.48. The van der Waals surface area contributed by atoms with Crippen LogP contribution in [-0.4, -0.2) is 20.4 Å². The van der Waals surface area contributed by atoms with E-state index in [1.54, 1.807) is 5.56 Å². The SMILES string of the molecule is Nc1cc([C@H](CCC[C@H]2CCc3ccccc32)c2ccccc2)c2n[nH]nc2n1. The van der Waals surface area contributed by atoms with E-state index in [4.69, 9.17) is 5.73 Å². The monoisotopic (exact) mass is 383 g/mol. The number of fused-ring (bicyclic) bond motifs is 2. The minimum atomic E-state index is 0.228. The fourth-order valence-electron chi connectivity index (χ4n) is 4.85. The number of hydrogen-bond donors (Lipinski definition) is 2. The molecule has 0 fully saturated rings. The molecule has 0 aliphatic heterocycles. The summed E-state index contributed by atoms with van der Waals surface area (Å²) in [5.74, 6) is 1.40. The van der Waals surface area contributed by atoms with Crippen molar-refractivity contribution >= 4 is 17.0 Å². The molecule has 2 heterocycles. The number of nitrogens with one attached hydrogen (secondary N) is 1. The van der Waals surface area contributed by atoms with Gasteiger partial charge in [0.2, 0.25) is 5.65 Å².